The van der Waals surface area contributed by atoms with Gasteiger partial charge in [0.2, 0.25) is 12.6 Å². The third-order valence-corrected chi connectivity index (χ3v) is 5.90. The van der Waals surface area contributed by atoms with Crippen molar-refractivity contribution in [2.45, 2.75) is 65.0 Å². The van der Waals surface area contributed by atoms with E-state index in [4.69, 9.17) is 14.2 Å². The van der Waals surface area contributed by atoms with E-state index >= 15 is 0 Å². The molecule has 0 aliphatic carbocycles. The van der Waals surface area contributed by atoms with E-state index in [-0.39, 0.29) is 10.8 Å². The number of ether oxygens (including phenoxy) is 3. The normalized spacial score (nSPS) is 21.0. The van der Waals surface area contributed by atoms with Gasteiger partial charge in [0.15, 0.2) is 0 Å². The molecule has 2 aliphatic rings. The highest BCUT2D eigenvalue weighted by Crippen LogP contribution is 2.53. The highest BCUT2D eigenvalue weighted by Gasteiger charge is 2.42. The number of rotatable bonds is 0. The van der Waals surface area contributed by atoms with Gasteiger partial charge in [-0.3, -0.25) is 4.74 Å². The fourth-order valence-electron chi connectivity index (χ4n) is 3.61. The molecule has 0 saturated carbocycles. The summed E-state index contributed by atoms with van der Waals surface area (Å²) in [6.07, 6.45) is -0.959. The predicted octanol–water partition coefficient (Wildman–Crippen LogP) is 7.31. The first-order valence-electron chi connectivity index (χ1n) is 9.12. The van der Waals surface area contributed by atoms with Crippen molar-refractivity contribution < 1.29 is 14.2 Å². The molecule has 0 spiro atoms. The molecule has 2 aromatic rings. The summed E-state index contributed by atoms with van der Waals surface area (Å²) in [5.74, 6) is 1.74. The Labute approximate surface area is 177 Å². The van der Waals surface area contributed by atoms with Gasteiger partial charge in [-0.2, -0.15) is 0 Å². The lowest BCUT2D eigenvalue weighted by molar-refractivity contribution is -0.228. The second kappa shape index (κ2) is 6.23. The van der Waals surface area contributed by atoms with Crippen molar-refractivity contribution in [2.75, 3.05) is 0 Å². The SMILES string of the molecule is CC(C)(C)c1cc(Br)cc2c1OC1OC2Oc2c1cc(Br)cc2C(C)(C)C. The fourth-order valence-corrected chi connectivity index (χ4v) is 4.56. The number of benzene rings is 2. The van der Waals surface area contributed by atoms with Crippen molar-refractivity contribution in [3.63, 3.8) is 0 Å². The zero-order chi connectivity index (χ0) is 19.7. The van der Waals surface area contributed by atoms with Crippen molar-refractivity contribution in [2.24, 2.45) is 0 Å². The van der Waals surface area contributed by atoms with Gasteiger partial charge < -0.3 is 9.47 Å². The Bertz CT molecular complexity index is 847. The zero-order valence-corrected chi connectivity index (χ0v) is 19.6. The van der Waals surface area contributed by atoms with Crippen LogP contribution in [0.5, 0.6) is 11.5 Å². The number of fused-ring (bicyclic) bond motifs is 6. The summed E-state index contributed by atoms with van der Waals surface area (Å²) < 4.78 is 21.0. The Morgan fingerprint density at radius 2 is 1.04 bits per heavy atom. The first-order chi connectivity index (χ1) is 12.4. The Kier molecular flexibility index (Phi) is 4.45. The average molecular weight is 496 g/mol. The first kappa shape index (κ1) is 19.3. The smallest absolute Gasteiger partial charge is 0.233 e. The summed E-state index contributed by atoms with van der Waals surface area (Å²) in [7, 11) is 0. The van der Waals surface area contributed by atoms with Gasteiger partial charge in [-0.1, -0.05) is 73.4 Å². The van der Waals surface area contributed by atoms with E-state index in [9.17, 15) is 0 Å². The molecule has 2 aromatic carbocycles. The van der Waals surface area contributed by atoms with E-state index in [0.29, 0.717) is 0 Å². The standard InChI is InChI=1S/C22H24Br2O3/c1-21(2,3)15-9-11(23)7-13-17(15)25-20-14-8-12(24)10-16(22(4,5)6)18(14)26-19(13)27-20/h7-10,19-20H,1-6H3. The van der Waals surface area contributed by atoms with E-state index < -0.39 is 12.6 Å². The molecule has 2 bridgehead atoms. The van der Waals surface area contributed by atoms with Gasteiger partial charge in [0, 0.05) is 20.1 Å². The minimum atomic E-state index is -0.480. The van der Waals surface area contributed by atoms with Crippen LogP contribution in [-0.2, 0) is 15.6 Å². The maximum atomic E-state index is 6.42. The first-order valence-corrected chi connectivity index (χ1v) is 10.7. The van der Waals surface area contributed by atoms with Gasteiger partial charge in [0.05, 0.1) is 11.1 Å². The van der Waals surface area contributed by atoms with Crippen molar-refractivity contribution in [3.05, 3.63) is 55.5 Å². The molecule has 5 heteroatoms. The van der Waals surface area contributed by atoms with E-state index in [1.54, 1.807) is 0 Å². The van der Waals surface area contributed by atoms with Crippen molar-refractivity contribution in [1.29, 1.82) is 0 Å². The van der Waals surface area contributed by atoms with Crippen LogP contribution >= 0.6 is 31.9 Å². The van der Waals surface area contributed by atoms with Gasteiger partial charge in [-0.15, -0.1) is 0 Å². The van der Waals surface area contributed by atoms with Crippen LogP contribution in [0.2, 0.25) is 0 Å². The maximum Gasteiger partial charge on any atom is 0.233 e. The van der Waals surface area contributed by atoms with Crippen LogP contribution < -0.4 is 9.47 Å². The largest absolute Gasteiger partial charge is 0.459 e. The molecule has 2 heterocycles. The second-order valence-corrected chi connectivity index (χ2v) is 11.1. The Balaban J connectivity index is 1.90. The van der Waals surface area contributed by atoms with Crippen LogP contribution in [0.3, 0.4) is 0 Å². The minimum Gasteiger partial charge on any atom is -0.459 e. The molecule has 0 saturated heterocycles. The van der Waals surface area contributed by atoms with Crippen molar-refractivity contribution in [3.8, 4) is 11.5 Å². The van der Waals surface area contributed by atoms with Gasteiger partial charge >= 0.3 is 0 Å². The molecular formula is C22H24Br2O3. The van der Waals surface area contributed by atoms with E-state index in [1.165, 1.54) is 0 Å². The van der Waals surface area contributed by atoms with Gasteiger partial charge in [-0.05, 0) is 35.1 Å². The Hall–Kier alpha value is -1.04. The molecule has 0 aromatic heterocycles. The van der Waals surface area contributed by atoms with Crippen molar-refractivity contribution in [1.82, 2.24) is 0 Å². The summed E-state index contributed by atoms with van der Waals surface area (Å²) in [5.41, 5.74) is 4.02. The molecule has 144 valence electrons. The summed E-state index contributed by atoms with van der Waals surface area (Å²) in [5, 5.41) is 0. The molecule has 0 N–H and O–H groups in total. The third kappa shape index (κ3) is 3.32. The average Bonchev–Trinajstić information content (AvgIpc) is 2.53. The number of hydrogen-bond acceptors (Lipinski definition) is 3. The van der Waals surface area contributed by atoms with Crippen LogP contribution in [0, 0.1) is 0 Å². The minimum absolute atomic E-state index is 0.0594. The molecular weight excluding hydrogens is 472 g/mol. The highest BCUT2D eigenvalue weighted by atomic mass is 79.9. The highest BCUT2D eigenvalue weighted by molar-refractivity contribution is 9.10. The molecule has 0 radical (unpaired) electrons. The molecule has 2 aliphatic heterocycles. The van der Waals surface area contributed by atoms with Gasteiger partial charge in [0.1, 0.15) is 11.5 Å². The van der Waals surface area contributed by atoms with Crippen LogP contribution in [-0.4, -0.2) is 0 Å². The van der Waals surface area contributed by atoms with E-state index in [0.717, 1.165) is 42.7 Å². The van der Waals surface area contributed by atoms with Gasteiger partial charge in [0.25, 0.3) is 0 Å². The Morgan fingerprint density at radius 1 is 0.667 bits per heavy atom. The second-order valence-electron chi connectivity index (χ2n) is 9.28. The van der Waals surface area contributed by atoms with Crippen LogP contribution in [0.1, 0.15) is 76.4 Å². The molecule has 0 fully saturated rings. The van der Waals surface area contributed by atoms with Crippen molar-refractivity contribution >= 4 is 31.9 Å². The summed E-state index contributed by atoms with van der Waals surface area (Å²) >= 11 is 7.28. The zero-order valence-electron chi connectivity index (χ0n) is 16.4. The fraction of sp³-hybridized carbons (Fsp3) is 0.455. The molecule has 27 heavy (non-hydrogen) atoms. The Morgan fingerprint density at radius 3 is 1.37 bits per heavy atom. The summed E-state index contributed by atoms with van der Waals surface area (Å²) in [6, 6.07) is 8.32. The van der Waals surface area contributed by atoms with Crippen LogP contribution in [0.25, 0.3) is 0 Å². The van der Waals surface area contributed by atoms with E-state index in [2.05, 4.69) is 85.5 Å². The monoisotopic (exact) mass is 494 g/mol. The molecule has 3 nitrogen and oxygen atoms in total. The van der Waals surface area contributed by atoms with Gasteiger partial charge in [-0.25, -0.2) is 0 Å². The number of halogens is 2. The van der Waals surface area contributed by atoms with Crippen LogP contribution in [0.4, 0.5) is 0 Å². The molecule has 0 amide bonds. The third-order valence-electron chi connectivity index (χ3n) is 4.99. The lowest BCUT2D eigenvalue weighted by Gasteiger charge is -2.41. The maximum absolute atomic E-state index is 6.42. The predicted molar refractivity (Wildman–Crippen MR) is 114 cm³/mol. The molecule has 2 atom stereocenters. The topological polar surface area (TPSA) is 27.7 Å². The molecule has 4 rings (SSSR count). The quantitative estimate of drug-likeness (QED) is 0.383. The van der Waals surface area contributed by atoms with Crippen LogP contribution in [0.15, 0.2) is 33.2 Å². The van der Waals surface area contributed by atoms with E-state index in [1.807, 2.05) is 12.1 Å². The summed E-state index contributed by atoms with van der Waals surface area (Å²) in [4.78, 5) is 0. The molecule has 2 unspecified atom stereocenters. The lowest BCUT2D eigenvalue weighted by Crippen LogP contribution is -2.33. The lowest BCUT2D eigenvalue weighted by atomic mass is 9.83. The number of hydrogen-bond donors (Lipinski definition) is 0. The summed E-state index contributed by atoms with van der Waals surface area (Å²) in [6.45, 7) is 13.1.